The summed E-state index contributed by atoms with van der Waals surface area (Å²) in [6.45, 7) is 12.0. The topological polar surface area (TPSA) is 29.3 Å². The summed E-state index contributed by atoms with van der Waals surface area (Å²) in [6, 6.07) is 0.382. The van der Waals surface area contributed by atoms with Crippen LogP contribution in [0.4, 0.5) is 0 Å². The number of likely N-dealkylation sites (tertiary alicyclic amines) is 1. The highest BCUT2D eigenvalue weighted by molar-refractivity contribution is 5.17. The Morgan fingerprint density at radius 2 is 1.94 bits per heavy atom. The molecule has 2 N–H and O–H groups in total. The van der Waals surface area contributed by atoms with Gasteiger partial charge in [-0.2, -0.15) is 0 Å². The van der Waals surface area contributed by atoms with Gasteiger partial charge in [0, 0.05) is 31.2 Å². The zero-order valence-electron chi connectivity index (χ0n) is 10.9. The van der Waals surface area contributed by atoms with E-state index in [2.05, 4.69) is 30.2 Å². The second-order valence-electron chi connectivity index (χ2n) is 4.73. The monoisotopic (exact) mass is 232 g/mol. The number of hydrogen-bond acceptors (Lipinski definition) is 2. The van der Waals surface area contributed by atoms with Gasteiger partial charge >= 0.3 is 0 Å². The van der Waals surface area contributed by atoms with Crippen LogP contribution in [0.1, 0.15) is 26.2 Å². The van der Waals surface area contributed by atoms with E-state index in [1.54, 1.807) is 0 Å². The number of nitrogens with two attached hydrogens (primary N) is 1. The molecular formula is C15H24N2. The Balaban J connectivity index is 2.27. The molecule has 17 heavy (non-hydrogen) atoms. The van der Waals surface area contributed by atoms with Gasteiger partial charge in [0.2, 0.25) is 0 Å². The molecule has 1 saturated heterocycles. The quantitative estimate of drug-likeness (QED) is 0.738. The second-order valence-corrected chi connectivity index (χ2v) is 4.73. The van der Waals surface area contributed by atoms with Crippen molar-refractivity contribution in [3.63, 3.8) is 0 Å². The lowest BCUT2D eigenvalue weighted by Crippen LogP contribution is -2.38. The minimum atomic E-state index is 0.382. The molecule has 2 nitrogen and oxygen atoms in total. The first-order chi connectivity index (χ1) is 8.09. The Kier molecular flexibility index (Phi) is 5.78. The summed E-state index contributed by atoms with van der Waals surface area (Å²) in [5.41, 5.74) is 8.14. The standard InChI is InChI=1S/C15H24N2/c1-13(2)7-5-4-6-8-14(3)17-11-9-15(16)10-12-17/h4-7,15H,1,3,8-12,16H2,2H3/b6-4-,7-5-. The Labute approximate surface area is 105 Å². The zero-order valence-corrected chi connectivity index (χ0v) is 10.9. The minimum absolute atomic E-state index is 0.382. The van der Waals surface area contributed by atoms with Crippen LogP contribution in [0.15, 0.2) is 48.7 Å². The van der Waals surface area contributed by atoms with Crippen LogP contribution in [0.5, 0.6) is 0 Å². The molecule has 1 aliphatic rings. The predicted octanol–water partition coefficient (Wildman–Crippen LogP) is 3.00. The highest BCUT2D eigenvalue weighted by Gasteiger charge is 2.15. The van der Waals surface area contributed by atoms with Crippen LogP contribution < -0.4 is 5.73 Å². The number of allylic oxidation sites excluding steroid dienone is 5. The molecule has 0 radical (unpaired) electrons. The third-order valence-electron chi connectivity index (χ3n) is 2.97. The van der Waals surface area contributed by atoms with Gasteiger partial charge in [-0.15, -0.1) is 0 Å². The summed E-state index contributed by atoms with van der Waals surface area (Å²) in [5, 5.41) is 0. The fraction of sp³-hybridized carbons (Fsp3) is 0.467. The molecule has 0 aromatic carbocycles. The van der Waals surface area contributed by atoms with E-state index in [4.69, 9.17) is 5.73 Å². The van der Waals surface area contributed by atoms with Crippen molar-refractivity contribution in [1.82, 2.24) is 4.90 Å². The lowest BCUT2D eigenvalue weighted by Gasteiger charge is -2.33. The first-order valence-corrected chi connectivity index (χ1v) is 6.26. The van der Waals surface area contributed by atoms with Crippen LogP contribution in [0.3, 0.4) is 0 Å². The van der Waals surface area contributed by atoms with Gasteiger partial charge in [-0.1, -0.05) is 43.0 Å². The van der Waals surface area contributed by atoms with E-state index in [1.807, 2.05) is 19.1 Å². The minimum Gasteiger partial charge on any atom is -0.375 e. The van der Waals surface area contributed by atoms with E-state index in [0.29, 0.717) is 6.04 Å². The van der Waals surface area contributed by atoms with Gasteiger partial charge in [-0.25, -0.2) is 0 Å². The molecule has 0 aromatic heterocycles. The van der Waals surface area contributed by atoms with Crippen molar-refractivity contribution in [2.75, 3.05) is 13.1 Å². The van der Waals surface area contributed by atoms with E-state index in [0.717, 1.165) is 37.9 Å². The van der Waals surface area contributed by atoms with Crippen molar-refractivity contribution in [3.8, 4) is 0 Å². The van der Waals surface area contributed by atoms with Gasteiger partial charge in [0.15, 0.2) is 0 Å². The molecule has 0 spiro atoms. The van der Waals surface area contributed by atoms with Gasteiger partial charge in [0.05, 0.1) is 0 Å². The molecule has 2 heteroatoms. The van der Waals surface area contributed by atoms with Crippen molar-refractivity contribution >= 4 is 0 Å². The molecule has 1 rings (SSSR count). The number of rotatable bonds is 5. The van der Waals surface area contributed by atoms with Crippen LogP contribution in [0, 0.1) is 0 Å². The van der Waals surface area contributed by atoms with Crippen LogP contribution in [-0.2, 0) is 0 Å². The Bertz CT molecular complexity index is 318. The molecule has 1 heterocycles. The number of piperidine rings is 1. The predicted molar refractivity (Wildman–Crippen MR) is 75.6 cm³/mol. The summed E-state index contributed by atoms with van der Waals surface area (Å²) >= 11 is 0. The fourth-order valence-corrected chi connectivity index (χ4v) is 1.85. The van der Waals surface area contributed by atoms with Crippen molar-refractivity contribution < 1.29 is 0 Å². The number of hydrogen-bond donors (Lipinski definition) is 1. The van der Waals surface area contributed by atoms with Gasteiger partial charge in [-0.3, -0.25) is 0 Å². The van der Waals surface area contributed by atoms with E-state index >= 15 is 0 Å². The fourth-order valence-electron chi connectivity index (χ4n) is 1.85. The average Bonchev–Trinajstić information content (AvgIpc) is 2.29. The third kappa shape index (κ3) is 5.55. The summed E-state index contributed by atoms with van der Waals surface area (Å²) < 4.78 is 0. The lowest BCUT2D eigenvalue weighted by molar-refractivity contribution is 0.261. The maximum Gasteiger partial charge on any atom is 0.0189 e. The van der Waals surface area contributed by atoms with Crippen LogP contribution in [0.25, 0.3) is 0 Å². The van der Waals surface area contributed by atoms with Gasteiger partial charge < -0.3 is 10.6 Å². The van der Waals surface area contributed by atoms with E-state index in [9.17, 15) is 0 Å². The SMILES string of the molecule is C=C(C)/C=C\C=C/CC(=C)N1CCC(N)CC1. The van der Waals surface area contributed by atoms with Gasteiger partial charge in [-0.05, 0) is 19.8 Å². The summed E-state index contributed by atoms with van der Waals surface area (Å²) in [4.78, 5) is 2.34. The van der Waals surface area contributed by atoms with Crippen LogP contribution in [-0.4, -0.2) is 24.0 Å². The molecule has 0 amide bonds. The second kappa shape index (κ2) is 7.13. The first-order valence-electron chi connectivity index (χ1n) is 6.26. The van der Waals surface area contributed by atoms with Gasteiger partial charge in [0.25, 0.3) is 0 Å². The molecule has 1 aliphatic heterocycles. The maximum atomic E-state index is 5.88. The largest absolute Gasteiger partial charge is 0.375 e. The van der Waals surface area contributed by atoms with Crippen molar-refractivity contribution in [3.05, 3.63) is 48.7 Å². The molecule has 1 fully saturated rings. The van der Waals surface area contributed by atoms with E-state index < -0.39 is 0 Å². The van der Waals surface area contributed by atoms with Crippen molar-refractivity contribution in [2.45, 2.75) is 32.2 Å². The molecule has 0 aromatic rings. The maximum absolute atomic E-state index is 5.88. The normalized spacial score (nSPS) is 18.1. The first kappa shape index (κ1) is 13.8. The Hall–Kier alpha value is -1.28. The third-order valence-corrected chi connectivity index (χ3v) is 2.97. The highest BCUT2D eigenvalue weighted by Crippen LogP contribution is 2.15. The molecule has 0 bridgehead atoms. The Morgan fingerprint density at radius 1 is 1.29 bits per heavy atom. The Morgan fingerprint density at radius 3 is 2.53 bits per heavy atom. The molecular weight excluding hydrogens is 208 g/mol. The highest BCUT2D eigenvalue weighted by atomic mass is 15.1. The molecule has 0 saturated carbocycles. The molecule has 0 atom stereocenters. The lowest BCUT2D eigenvalue weighted by atomic mass is 10.1. The van der Waals surface area contributed by atoms with Gasteiger partial charge in [0.1, 0.15) is 0 Å². The van der Waals surface area contributed by atoms with Crippen LogP contribution in [0.2, 0.25) is 0 Å². The molecule has 94 valence electrons. The smallest absolute Gasteiger partial charge is 0.0189 e. The summed E-state index contributed by atoms with van der Waals surface area (Å²) in [6.07, 6.45) is 11.3. The summed E-state index contributed by atoms with van der Waals surface area (Å²) in [5.74, 6) is 0. The van der Waals surface area contributed by atoms with Crippen molar-refractivity contribution in [2.24, 2.45) is 5.73 Å². The van der Waals surface area contributed by atoms with Crippen LogP contribution >= 0.6 is 0 Å². The number of nitrogens with zero attached hydrogens (tertiary/aromatic N) is 1. The average molecular weight is 232 g/mol. The summed E-state index contributed by atoms with van der Waals surface area (Å²) in [7, 11) is 0. The van der Waals surface area contributed by atoms with E-state index in [-0.39, 0.29) is 0 Å². The molecule has 0 unspecified atom stereocenters. The molecule has 0 aliphatic carbocycles. The van der Waals surface area contributed by atoms with E-state index in [1.165, 1.54) is 5.70 Å². The van der Waals surface area contributed by atoms with Crippen molar-refractivity contribution in [1.29, 1.82) is 0 Å². The zero-order chi connectivity index (χ0) is 12.7.